The fraction of sp³-hybridized carbons (Fsp3) is 0.167. The molecule has 116 valence electrons. The highest BCUT2D eigenvalue weighted by Crippen LogP contribution is 2.33. The summed E-state index contributed by atoms with van der Waals surface area (Å²) in [6.45, 7) is 2.11. The van der Waals surface area contributed by atoms with E-state index < -0.39 is 0 Å². The molecule has 3 aromatic rings. The molecule has 0 spiro atoms. The molecule has 1 aromatic heterocycles. The highest BCUT2D eigenvalue weighted by atomic mass is 35.5. The standard InChI is InChI=1S/C18H14Cl2N2O/c19-15-6-3-12(8-16(15)20)9-22-10-14-5-4-13-2-1-7-21-17(13)18(14)23-11-22/h1-8H,9-11H2. The van der Waals surface area contributed by atoms with E-state index >= 15 is 0 Å². The molecule has 0 N–H and O–H groups in total. The zero-order chi connectivity index (χ0) is 15.8. The van der Waals surface area contributed by atoms with Gasteiger partial charge in [-0.15, -0.1) is 0 Å². The Balaban J connectivity index is 1.59. The van der Waals surface area contributed by atoms with Gasteiger partial charge in [0, 0.05) is 30.2 Å². The van der Waals surface area contributed by atoms with Crippen LogP contribution in [0.1, 0.15) is 11.1 Å². The van der Waals surface area contributed by atoms with E-state index in [0.717, 1.165) is 40.9 Å². The second-order valence-corrected chi connectivity index (χ2v) is 6.45. The Kier molecular flexibility index (Phi) is 3.85. The smallest absolute Gasteiger partial charge is 0.152 e. The summed E-state index contributed by atoms with van der Waals surface area (Å²) < 4.78 is 5.98. The van der Waals surface area contributed by atoms with E-state index in [1.165, 1.54) is 0 Å². The normalized spacial score (nSPS) is 14.5. The minimum atomic E-state index is 0.531. The van der Waals surface area contributed by atoms with Gasteiger partial charge >= 0.3 is 0 Å². The summed E-state index contributed by atoms with van der Waals surface area (Å²) in [6.07, 6.45) is 1.80. The number of halogens is 2. The number of hydrogen-bond donors (Lipinski definition) is 0. The van der Waals surface area contributed by atoms with Crippen LogP contribution in [-0.4, -0.2) is 16.6 Å². The van der Waals surface area contributed by atoms with Gasteiger partial charge in [-0.3, -0.25) is 9.88 Å². The van der Waals surface area contributed by atoms with Crippen molar-refractivity contribution < 1.29 is 4.74 Å². The first-order chi connectivity index (χ1) is 11.2. The molecule has 23 heavy (non-hydrogen) atoms. The van der Waals surface area contributed by atoms with Gasteiger partial charge in [0.1, 0.15) is 12.2 Å². The topological polar surface area (TPSA) is 25.4 Å². The number of rotatable bonds is 2. The lowest BCUT2D eigenvalue weighted by atomic mass is 10.1. The van der Waals surface area contributed by atoms with Crippen LogP contribution in [-0.2, 0) is 13.1 Å². The van der Waals surface area contributed by atoms with Crippen molar-refractivity contribution in [3.05, 3.63) is 69.8 Å². The van der Waals surface area contributed by atoms with E-state index in [-0.39, 0.29) is 0 Å². The summed E-state index contributed by atoms with van der Waals surface area (Å²) in [5.74, 6) is 0.897. The number of nitrogens with zero attached hydrogens (tertiary/aromatic N) is 2. The van der Waals surface area contributed by atoms with E-state index in [1.54, 1.807) is 6.20 Å². The third-order valence-corrected chi connectivity index (χ3v) is 4.72. The van der Waals surface area contributed by atoms with Gasteiger partial charge in [-0.1, -0.05) is 47.5 Å². The summed E-state index contributed by atoms with van der Waals surface area (Å²) >= 11 is 12.1. The Bertz CT molecular complexity index is 882. The van der Waals surface area contributed by atoms with Crippen LogP contribution in [0.3, 0.4) is 0 Å². The van der Waals surface area contributed by atoms with Crippen LogP contribution in [0.4, 0.5) is 0 Å². The molecular weight excluding hydrogens is 331 g/mol. The van der Waals surface area contributed by atoms with Crippen LogP contribution in [0.5, 0.6) is 5.75 Å². The molecule has 2 heterocycles. The zero-order valence-corrected chi connectivity index (χ0v) is 13.8. The van der Waals surface area contributed by atoms with Crippen molar-refractivity contribution in [3.8, 4) is 5.75 Å². The lowest BCUT2D eigenvalue weighted by molar-refractivity contribution is 0.0902. The molecule has 0 aliphatic carbocycles. The van der Waals surface area contributed by atoms with E-state index in [0.29, 0.717) is 16.8 Å². The average Bonchev–Trinajstić information content (AvgIpc) is 2.58. The van der Waals surface area contributed by atoms with Crippen LogP contribution in [0.25, 0.3) is 10.9 Å². The fourth-order valence-electron chi connectivity index (χ4n) is 2.89. The second kappa shape index (κ2) is 6.00. The van der Waals surface area contributed by atoms with Gasteiger partial charge in [-0.2, -0.15) is 0 Å². The maximum Gasteiger partial charge on any atom is 0.152 e. The lowest BCUT2D eigenvalue weighted by Crippen LogP contribution is -2.31. The predicted molar refractivity (Wildman–Crippen MR) is 92.9 cm³/mol. The summed E-state index contributed by atoms with van der Waals surface area (Å²) in [7, 11) is 0. The molecule has 0 fully saturated rings. The summed E-state index contributed by atoms with van der Waals surface area (Å²) in [5.41, 5.74) is 3.20. The Labute approximate surface area is 144 Å². The van der Waals surface area contributed by atoms with Crippen molar-refractivity contribution in [3.63, 3.8) is 0 Å². The van der Waals surface area contributed by atoms with Gasteiger partial charge in [0.05, 0.1) is 10.0 Å². The third kappa shape index (κ3) is 2.88. The highest BCUT2D eigenvalue weighted by molar-refractivity contribution is 6.42. The maximum atomic E-state index is 6.09. The Hall–Kier alpha value is -1.81. The molecule has 0 atom stereocenters. The quantitative estimate of drug-likeness (QED) is 0.661. The summed E-state index contributed by atoms with van der Waals surface area (Å²) in [5, 5.41) is 2.26. The molecule has 0 unspecified atom stereocenters. The minimum absolute atomic E-state index is 0.531. The van der Waals surface area contributed by atoms with Crippen LogP contribution in [0.15, 0.2) is 48.7 Å². The highest BCUT2D eigenvalue weighted by Gasteiger charge is 2.20. The van der Waals surface area contributed by atoms with Crippen molar-refractivity contribution in [2.75, 3.05) is 6.73 Å². The molecule has 0 amide bonds. The van der Waals surface area contributed by atoms with Gasteiger partial charge in [-0.25, -0.2) is 0 Å². The van der Waals surface area contributed by atoms with Gasteiger partial charge in [0.25, 0.3) is 0 Å². The maximum absolute atomic E-state index is 6.09. The van der Waals surface area contributed by atoms with E-state index in [9.17, 15) is 0 Å². The molecule has 0 saturated carbocycles. The lowest BCUT2D eigenvalue weighted by Gasteiger charge is -2.29. The molecule has 1 aliphatic rings. The van der Waals surface area contributed by atoms with Crippen molar-refractivity contribution in [2.24, 2.45) is 0 Å². The van der Waals surface area contributed by atoms with E-state index in [4.69, 9.17) is 27.9 Å². The number of hydrogen-bond acceptors (Lipinski definition) is 3. The first kappa shape index (κ1) is 14.8. The van der Waals surface area contributed by atoms with E-state index in [1.807, 2.05) is 30.3 Å². The molecule has 0 bridgehead atoms. The molecule has 5 heteroatoms. The Morgan fingerprint density at radius 3 is 2.87 bits per heavy atom. The first-order valence-corrected chi connectivity index (χ1v) is 8.12. The number of pyridine rings is 1. The van der Waals surface area contributed by atoms with Crippen LogP contribution in [0.2, 0.25) is 10.0 Å². The summed E-state index contributed by atoms with van der Waals surface area (Å²) in [6, 6.07) is 13.9. The molecule has 1 aliphatic heterocycles. The molecular formula is C18H14Cl2N2O. The molecule has 0 radical (unpaired) electrons. The number of ether oxygens (including phenoxy) is 1. The minimum Gasteiger partial charge on any atom is -0.475 e. The van der Waals surface area contributed by atoms with Crippen LogP contribution in [0, 0.1) is 0 Å². The predicted octanol–water partition coefficient (Wildman–Crippen LogP) is 4.89. The third-order valence-electron chi connectivity index (χ3n) is 3.99. The van der Waals surface area contributed by atoms with Crippen molar-refractivity contribution in [1.29, 1.82) is 0 Å². The van der Waals surface area contributed by atoms with Crippen molar-refractivity contribution in [2.45, 2.75) is 13.1 Å². The van der Waals surface area contributed by atoms with E-state index in [2.05, 4.69) is 22.0 Å². The molecule has 2 aromatic carbocycles. The number of aromatic nitrogens is 1. The molecule has 0 saturated heterocycles. The molecule has 3 nitrogen and oxygen atoms in total. The van der Waals surface area contributed by atoms with Crippen LogP contribution >= 0.6 is 23.2 Å². The number of benzene rings is 2. The SMILES string of the molecule is Clc1ccc(CN2COc3c(ccc4cccnc34)C2)cc1Cl. The van der Waals surface area contributed by atoms with Gasteiger partial charge in [0.2, 0.25) is 0 Å². The largest absolute Gasteiger partial charge is 0.475 e. The summed E-state index contributed by atoms with van der Waals surface area (Å²) in [4.78, 5) is 6.67. The van der Waals surface area contributed by atoms with Crippen molar-refractivity contribution in [1.82, 2.24) is 9.88 Å². The second-order valence-electron chi connectivity index (χ2n) is 5.64. The molecule has 4 rings (SSSR count). The van der Waals surface area contributed by atoms with Gasteiger partial charge in [0.15, 0.2) is 5.75 Å². The van der Waals surface area contributed by atoms with Gasteiger partial charge in [-0.05, 0) is 23.8 Å². The zero-order valence-electron chi connectivity index (χ0n) is 12.3. The van der Waals surface area contributed by atoms with Crippen molar-refractivity contribution >= 4 is 34.1 Å². The Morgan fingerprint density at radius 2 is 2.00 bits per heavy atom. The average molecular weight is 345 g/mol. The fourth-order valence-corrected chi connectivity index (χ4v) is 3.21. The Morgan fingerprint density at radius 1 is 1.09 bits per heavy atom. The number of fused-ring (bicyclic) bond motifs is 3. The first-order valence-electron chi connectivity index (χ1n) is 7.36. The van der Waals surface area contributed by atoms with Crippen LogP contribution < -0.4 is 4.74 Å². The van der Waals surface area contributed by atoms with Gasteiger partial charge < -0.3 is 4.74 Å². The monoisotopic (exact) mass is 344 g/mol.